The summed E-state index contributed by atoms with van der Waals surface area (Å²) in [5.74, 6) is -1.75. The molecule has 164 valence electrons. The average molecular weight is 430 g/mol. The van der Waals surface area contributed by atoms with Gasteiger partial charge in [-0.3, -0.25) is 9.69 Å². The summed E-state index contributed by atoms with van der Waals surface area (Å²) in [5.41, 5.74) is 1.05. The Morgan fingerprint density at radius 3 is 2.16 bits per heavy atom. The molecule has 0 saturated carbocycles. The van der Waals surface area contributed by atoms with E-state index in [1.54, 1.807) is 4.90 Å². The number of likely N-dealkylation sites (N-methyl/N-ethyl adjacent to an activating group) is 1. The number of piperazine rings is 1. The van der Waals surface area contributed by atoms with Crippen LogP contribution in [0.25, 0.3) is 0 Å². The van der Waals surface area contributed by atoms with E-state index in [0.29, 0.717) is 26.2 Å². The summed E-state index contributed by atoms with van der Waals surface area (Å²) in [6.45, 7) is 3.58. The molecule has 2 aliphatic heterocycles. The molecule has 1 atom stereocenters. The van der Waals surface area contributed by atoms with E-state index in [2.05, 4.69) is 4.90 Å². The lowest BCUT2D eigenvalue weighted by molar-refractivity contribution is -0.134. The van der Waals surface area contributed by atoms with Crippen LogP contribution in [-0.2, 0) is 9.53 Å². The average Bonchev–Trinajstić information content (AvgIpc) is 3.15. The molecule has 0 aliphatic carbocycles. The van der Waals surface area contributed by atoms with Crippen molar-refractivity contribution < 1.29 is 23.1 Å². The molecule has 9 heteroatoms. The molecule has 31 heavy (non-hydrogen) atoms. The minimum Gasteiger partial charge on any atom is -0.423 e. The van der Waals surface area contributed by atoms with Crippen molar-refractivity contribution in [2.45, 2.75) is 13.2 Å². The summed E-state index contributed by atoms with van der Waals surface area (Å²) in [6, 6.07) is 12.2. The number of carbonyl (C=O) groups excluding carboxylic acids is 2. The molecule has 4 rings (SSSR count). The molecule has 0 N–H and O–H groups in total. The van der Waals surface area contributed by atoms with Crippen LogP contribution in [-0.4, -0.2) is 62.9 Å². The van der Waals surface area contributed by atoms with E-state index in [4.69, 9.17) is 4.74 Å². The van der Waals surface area contributed by atoms with Crippen molar-refractivity contribution in [3.05, 3.63) is 54.1 Å². The largest absolute Gasteiger partial charge is 0.423 e. The zero-order valence-electron chi connectivity index (χ0n) is 17.4. The summed E-state index contributed by atoms with van der Waals surface area (Å²) in [6.07, 6.45) is -1.55. The Morgan fingerprint density at radius 2 is 1.58 bits per heavy atom. The molecule has 2 heterocycles. The van der Waals surface area contributed by atoms with Crippen LogP contribution in [0.1, 0.15) is 6.92 Å². The number of halogens is 2. The molecular formula is C22H24F2N4O3. The third-order valence-corrected chi connectivity index (χ3v) is 5.76. The van der Waals surface area contributed by atoms with Gasteiger partial charge in [0.15, 0.2) is 17.9 Å². The van der Waals surface area contributed by atoms with E-state index in [9.17, 15) is 18.4 Å². The maximum absolute atomic E-state index is 14.9. The second-order valence-corrected chi connectivity index (χ2v) is 7.65. The fourth-order valence-corrected chi connectivity index (χ4v) is 3.90. The summed E-state index contributed by atoms with van der Waals surface area (Å²) in [5, 5.41) is 0. The number of anilines is 3. The fourth-order valence-electron chi connectivity index (χ4n) is 3.90. The standard InChI is InChI=1S/C22H24F2N4O3/c1-15(29)25(2)20-14-28(22(30)31-20)17-12-18(23)21(19(24)13-17)27-10-8-26(9-11-27)16-6-4-3-5-7-16/h3-7,12-13,20H,8-11,14H2,1-2H3/t20-/m0/s1. The first kappa shape index (κ1) is 20.9. The Kier molecular flexibility index (Phi) is 5.67. The van der Waals surface area contributed by atoms with Gasteiger partial charge in [0.25, 0.3) is 0 Å². The highest BCUT2D eigenvalue weighted by molar-refractivity contribution is 5.90. The second-order valence-electron chi connectivity index (χ2n) is 7.65. The maximum atomic E-state index is 14.9. The Labute approximate surface area is 179 Å². The normalized spacial score (nSPS) is 18.9. The van der Waals surface area contributed by atoms with Crippen LogP contribution in [0.15, 0.2) is 42.5 Å². The molecule has 0 bridgehead atoms. The lowest BCUT2D eigenvalue weighted by Gasteiger charge is -2.37. The molecule has 2 aromatic carbocycles. The van der Waals surface area contributed by atoms with Gasteiger partial charge < -0.3 is 19.4 Å². The van der Waals surface area contributed by atoms with E-state index in [0.717, 1.165) is 22.7 Å². The highest BCUT2D eigenvalue weighted by atomic mass is 19.1. The Morgan fingerprint density at radius 1 is 1.00 bits per heavy atom. The van der Waals surface area contributed by atoms with E-state index in [1.165, 1.54) is 18.9 Å². The molecule has 2 saturated heterocycles. The summed E-state index contributed by atoms with van der Waals surface area (Å²) >= 11 is 0. The quantitative estimate of drug-likeness (QED) is 0.746. The lowest BCUT2D eigenvalue weighted by atomic mass is 10.2. The smallest absolute Gasteiger partial charge is 0.416 e. The van der Waals surface area contributed by atoms with Gasteiger partial charge in [-0.1, -0.05) is 18.2 Å². The number of hydrogen-bond acceptors (Lipinski definition) is 5. The maximum Gasteiger partial charge on any atom is 0.416 e. The molecule has 0 aromatic heterocycles. The topological polar surface area (TPSA) is 56.3 Å². The van der Waals surface area contributed by atoms with Gasteiger partial charge >= 0.3 is 6.09 Å². The molecule has 7 nitrogen and oxygen atoms in total. The van der Waals surface area contributed by atoms with Gasteiger partial charge in [-0.05, 0) is 12.1 Å². The highest BCUT2D eigenvalue weighted by Gasteiger charge is 2.37. The van der Waals surface area contributed by atoms with Crippen molar-refractivity contribution in [2.75, 3.05) is 54.5 Å². The van der Waals surface area contributed by atoms with Gasteiger partial charge in [0.2, 0.25) is 5.91 Å². The first-order valence-electron chi connectivity index (χ1n) is 10.1. The zero-order valence-corrected chi connectivity index (χ0v) is 17.4. The predicted octanol–water partition coefficient (Wildman–Crippen LogP) is 3.05. The van der Waals surface area contributed by atoms with Crippen LogP contribution in [0.5, 0.6) is 0 Å². The molecule has 0 radical (unpaired) electrons. The van der Waals surface area contributed by atoms with Crippen LogP contribution >= 0.6 is 0 Å². The lowest BCUT2D eigenvalue weighted by Crippen LogP contribution is -2.47. The van der Waals surface area contributed by atoms with Crippen LogP contribution < -0.4 is 14.7 Å². The summed E-state index contributed by atoms with van der Waals surface area (Å²) < 4.78 is 35.0. The molecular weight excluding hydrogens is 406 g/mol. The van der Waals surface area contributed by atoms with Crippen LogP contribution in [0.3, 0.4) is 0 Å². The highest BCUT2D eigenvalue weighted by Crippen LogP contribution is 2.32. The molecule has 2 aliphatic rings. The van der Waals surface area contributed by atoms with E-state index >= 15 is 0 Å². The number of cyclic esters (lactones) is 1. The minimum absolute atomic E-state index is 0.00287. The fraction of sp³-hybridized carbons (Fsp3) is 0.364. The summed E-state index contributed by atoms with van der Waals surface area (Å²) in [7, 11) is 1.50. The van der Waals surface area contributed by atoms with Crippen LogP contribution in [0.4, 0.5) is 30.6 Å². The third-order valence-electron chi connectivity index (χ3n) is 5.76. The zero-order chi connectivity index (χ0) is 22.1. The van der Waals surface area contributed by atoms with Gasteiger partial charge in [0, 0.05) is 58.0 Å². The number of ether oxygens (including phenoxy) is 1. The number of benzene rings is 2. The molecule has 2 aromatic rings. The molecule has 0 spiro atoms. The number of para-hydroxylation sites is 1. The van der Waals surface area contributed by atoms with Gasteiger partial charge in [-0.25, -0.2) is 13.6 Å². The van der Waals surface area contributed by atoms with Crippen molar-refractivity contribution >= 4 is 29.1 Å². The number of amides is 2. The molecule has 2 amide bonds. The van der Waals surface area contributed by atoms with Crippen molar-refractivity contribution in [2.24, 2.45) is 0 Å². The van der Waals surface area contributed by atoms with Gasteiger partial charge in [-0.15, -0.1) is 0 Å². The predicted molar refractivity (Wildman–Crippen MR) is 113 cm³/mol. The number of hydrogen-bond donors (Lipinski definition) is 0. The number of carbonyl (C=O) groups is 2. The first-order chi connectivity index (χ1) is 14.8. The Hall–Kier alpha value is -3.36. The first-order valence-corrected chi connectivity index (χ1v) is 10.1. The monoisotopic (exact) mass is 430 g/mol. The molecule has 0 unspecified atom stereocenters. The Balaban J connectivity index is 1.48. The second kappa shape index (κ2) is 8.41. The van der Waals surface area contributed by atoms with E-state index < -0.39 is 24.0 Å². The third kappa shape index (κ3) is 4.12. The Bertz CT molecular complexity index is 957. The van der Waals surface area contributed by atoms with Crippen LogP contribution in [0, 0.1) is 11.6 Å². The minimum atomic E-state index is -0.804. The van der Waals surface area contributed by atoms with Crippen molar-refractivity contribution in [1.82, 2.24) is 4.90 Å². The van der Waals surface area contributed by atoms with Crippen molar-refractivity contribution in [1.29, 1.82) is 0 Å². The van der Waals surface area contributed by atoms with Crippen molar-refractivity contribution in [3.63, 3.8) is 0 Å². The van der Waals surface area contributed by atoms with E-state index in [1.807, 2.05) is 30.3 Å². The van der Waals surface area contributed by atoms with Gasteiger partial charge in [0.05, 0.1) is 12.2 Å². The van der Waals surface area contributed by atoms with Gasteiger partial charge in [0.1, 0.15) is 5.69 Å². The number of rotatable bonds is 4. The number of nitrogens with zero attached hydrogens (tertiary/aromatic N) is 4. The van der Waals surface area contributed by atoms with Crippen LogP contribution in [0.2, 0.25) is 0 Å². The van der Waals surface area contributed by atoms with Gasteiger partial charge in [-0.2, -0.15) is 0 Å². The van der Waals surface area contributed by atoms with E-state index in [-0.39, 0.29) is 23.8 Å². The molecule has 2 fully saturated rings. The SMILES string of the molecule is CC(=O)N(C)[C@@H]1CN(c2cc(F)c(N3CCN(c4ccccc4)CC3)c(F)c2)C(=O)O1. The van der Waals surface area contributed by atoms with Crippen molar-refractivity contribution in [3.8, 4) is 0 Å². The summed E-state index contributed by atoms with van der Waals surface area (Å²) in [4.78, 5) is 30.0.